The minimum Gasteiger partial charge on any atom is -0.394 e. The molecule has 0 saturated heterocycles. The first-order valence-corrected chi connectivity index (χ1v) is 20.2. The first-order valence-electron chi connectivity index (χ1n) is 20.2. The molecular formula is C44H77NO3. The van der Waals surface area contributed by atoms with Gasteiger partial charge in [0.2, 0.25) is 5.91 Å². The Hall–Kier alpha value is -2.17. The van der Waals surface area contributed by atoms with Crippen LogP contribution in [0.3, 0.4) is 0 Å². The molecule has 0 aromatic heterocycles. The Balaban J connectivity index is 3.71. The van der Waals surface area contributed by atoms with Gasteiger partial charge in [0, 0.05) is 6.42 Å². The van der Waals surface area contributed by atoms with Crippen molar-refractivity contribution in [2.24, 2.45) is 0 Å². The number of hydrogen-bond acceptors (Lipinski definition) is 3. The Morgan fingerprint density at radius 2 is 0.917 bits per heavy atom. The summed E-state index contributed by atoms with van der Waals surface area (Å²) in [6.07, 6.45) is 55.6. The number of aliphatic hydroxyl groups excluding tert-OH is 2. The van der Waals surface area contributed by atoms with Crippen molar-refractivity contribution in [3.8, 4) is 0 Å². The maximum Gasteiger partial charge on any atom is 0.220 e. The fourth-order valence-corrected chi connectivity index (χ4v) is 5.61. The van der Waals surface area contributed by atoms with Gasteiger partial charge in [0.25, 0.3) is 0 Å². The molecule has 0 fully saturated rings. The van der Waals surface area contributed by atoms with Crippen LogP contribution in [-0.4, -0.2) is 34.9 Å². The van der Waals surface area contributed by atoms with Gasteiger partial charge in [-0.05, 0) is 64.2 Å². The molecule has 3 N–H and O–H groups in total. The topological polar surface area (TPSA) is 69.6 Å². The van der Waals surface area contributed by atoms with E-state index in [0.717, 1.165) is 70.6 Å². The van der Waals surface area contributed by atoms with Crippen LogP contribution in [0.2, 0.25) is 0 Å². The van der Waals surface area contributed by atoms with Crippen LogP contribution in [0.25, 0.3) is 0 Å². The third-order valence-corrected chi connectivity index (χ3v) is 8.70. The summed E-state index contributed by atoms with van der Waals surface area (Å²) in [6, 6.07) is -0.642. The van der Waals surface area contributed by atoms with Gasteiger partial charge in [-0.3, -0.25) is 4.79 Å². The lowest BCUT2D eigenvalue weighted by Crippen LogP contribution is -2.45. The van der Waals surface area contributed by atoms with Crippen LogP contribution >= 0.6 is 0 Å². The molecule has 1 amide bonds. The van der Waals surface area contributed by atoms with Crippen molar-refractivity contribution in [1.29, 1.82) is 0 Å². The fraction of sp³-hybridized carbons (Fsp3) is 0.705. The number of carbonyl (C=O) groups excluding carboxylic acids is 1. The van der Waals surface area contributed by atoms with Gasteiger partial charge in [-0.15, -0.1) is 0 Å². The summed E-state index contributed by atoms with van der Waals surface area (Å²) in [5.41, 5.74) is 0. The second-order valence-corrected chi connectivity index (χ2v) is 13.3. The van der Waals surface area contributed by atoms with E-state index in [2.05, 4.69) is 79.9 Å². The van der Waals surface area contributed by atoms with Gasteiger partial charge in [0.1, 0.15) is 0 Å². The number of unbranched alkanes of at least 4 members (excludes halogenated alkanes) is 18. The fourth-order valence-electron chi connectivity index (χ4n) is 5.61. The van der Waals surface area contributed by atoms with Crippen LogP contribution in [0, 0.1) is 0 Å². The molecule has 4 nitrogen and oxygen atoms in total. The van der Waals surface area contributed by atoms with Gasteiger partial charge >= 0.3 is 0 Å². The molecule has 4 heteroatoms. The van der Waals surface area contributed by atoms with Gasteiger partial charge in [0.15, 0.2) is 0 Å². The van der Waals surface area contributed by atoms with Crippen molar-refractivity contribution >= 4 is 5.91 Å². The number of rotatable bonds is 35. The van der Waals surface area contributed by atoms with E-state index in [0.29, 0.717) is 6.42 Å². The summed E-state index contributed by atoms with van der Waals surface area (Å²) in [5.74, 6) is -0.0983. The molecule has 0 heterocycles. The van der Waals surface area contributed by atoms with E-state index in [1.165, 1.54) is 89.9 Å². The average molecular weight is 668 g/mol. The molecule has 0 rings (SSSR count). The van der Waals surface area contributed by atoms with Crippen molar-refractivity contribution in [2.75, 3.05) is 6.61 Å². The minimum absolute atomic E-state index is 0.0983. The zero-order chi connectivity index (χ0) is 35.0. The first-order chi connectivity index (χ1) is 23.7. The monoisotopic (exact) mass is 668 g/mol. The standard InChI is InChI=1S/C44H77NO3/c1-3-5-7-9-11-13-15-17-19-21-22-24-26-28-30-32-34-36-38-40-44(48)45-42(41-46)43(47)39-37-35-33-31-29-27-25-23-20-18-16-14-12-10-8-6-4-2/h5,7,11,13,17,19,22,24,28,30,37,39,42-43,46-47H,3-4,6,8-10,12,14-16,18,20-21,23,25-27,29,31-36,38,40-41H2,1-2H3,(H,45,48)/b7-5-,13-11-,19-17-,24-22-,30-28-,39-37+. The SMILES string of the molecule is CC/C=C\C/C=C\C/C=C\C/C=C\C/C=C\CCCCCC(=O)NC(CO)C(O)/C=C/CCCCCCCCCCCCCCCCC. The third kappa shape index (κ3) is 35.1. The molecule has 2 atom stereocenters. The Bertz CT molecular complexity index is 853. The third-order valence-electron chi connectivity index (χ3n) is 8.70. The highest BCUT2D eigenvalue weighted by Crippen LogP contribution is 2.14. The highest BCUT2D eigenvalue weighted by Gasteiger charge is 2.17. The summed E-state index contributed by atoms with van der Waals surface area (Å²) in [5, 5.41) is 22.9. The number of aliphatic hydroxyl groups is 2. The lowest BCUT2D eigenvalue weighted by Gasteiger charge is -2.19. The number of carbonyl (C=O) groups is 1. The van der Waals surface area contributed by atoms with Crippen molar-refractivity contribution < 1.29 is 15.0 Å². The van der Waals surface area contributed by atoms with Crippen LogP contribution in [0.5, 0.6) is 0 Å². The lowest BCUT2D eigenvalue weighted by molar-refractivity contribution is -0.123. The van der Waals surface area contributed by atoms with Crippen molar-refractivity contribution in [2.45, 2.75) is 193 Å². The summed E-state index contributed by atoms with van der Waals surface area (Å²) in [7, 11) is 0. The van der Waals surface area contributed by atoms with Crippen LogP contribution in [0.1, 0.15) is 181 Å². The Morgan fingerprint density at radius 1 is 0.521 bits per heavy atom. The zero-order valence-corrected chi connectivity index (χ0v) is 31.5. The van der Waals surface area contributed by atoms with E-state index in [-0.39, 0.29) is 12.5 Å². The molecule has 2 unspecified atom stereocenters. The number of hydrogen-bond donors (Lipinski definition) is 3. The molecule has 0 bridgehead atoms. The Labute approximate surface area is 298 Å². The van der Waals surface area contributed by atoms with Gasteiger partial charge in [-0.25, -0.2) is 0 Å². The van der Waals surface area contributed by atoms with Crippen molar-refractivity contribution in [3.63, 3.8) is 0 Å². The van der Waals surface area contributed by atoms with E-state index < -0.39 is 12.1 Å². The summed E-state index contributed by atoms with van der Waals surface area (Å²) in [6.45, 7) is 4.17. The van der Waals surface area contributed by atoms with Crippen LogP contribution in [-0.2, 0) is 4.79 Å². The molecule has 0 saturated carbocycles. The molecular weight excluding hydrogens is 590 g/mol. The number of nitrogens with one attached hydrogen (secondary N) is 1. The van der Waals surface area contributed by atoms with Gasteiger partial charge < -0.3 is 15.5 Å². The number of amides is 1. The molecule has 276 valence electrons. The van der Waals surface area contributed by atoms with Crippen molar-refractivity contribution in [3.05, 3.63) is 72.9 Å². The van der Waals surface area contributed by atoms with E-state index in [1.54, 1.807) is 6.08 Å². The van der Waals surface area contributed by atoms with E-state index in [4.69, 9.17) is 0 Å². The molecule has 0 aliphatic carbocycles. The smallest absolute Gasteiger partial charge is 0.220 e. The van der Waals surface area contributed by atoms with E-state index >= 15 is 0 Å². The largest absolute Gasteiger partial charge is 0.394 e. The predicted octanol–water partition coefficient (Wildman–Crippen LogP) is 12.3. The highest BCUT2D eigenvalue weighted by atomic mass is 16.3. The first kappa shape index (κ1) is 45.8. The quantitative estimate of drug-likeness (QED) is 0.0465. The normalized spacial score (nSPS) is 13.8. The zero-order valence-electron chi connectivity index (χ0n) is 31.5. The minimum atomic E-state index is -0.856. The molecule has 48 heavy (non-hydrogen) atoms. The Kier molecular flexibility index (Phi) is 37.5. The van der Waals surface area contributed by atoms with Gasteiger partial charge in [-0.1, -0.05) is 183 Å². The molecule has 0 aromatic carbocycles. The molecule has 0 radical (unpaired) electrons. The average Bonchev–Trinajstić information content (AvgIpc) is 3.09. The summed E-state index contributed by atoms with van der Waals surface area (Å²) < 4.78 is 0. The van der Waals surface area contributed by atoms with Gasteiger partial charge in [0.05, 0.1) is 18.8 Å². The second-order valence-electron chi connectivity index (χ2n) is 13.3. The van der Waals surface area contributed by atoms with Crippen LogP contribution in [0.15, 0.2) is 72.9 Å². The van der Waals surface area contributed by atoms with Gasteiger partial charge in [-0.2, -0.15) is 0 Å². The van der Waals surface area contributed by atoms with Crippen molar-refractivity contribution in [1.82, 2.24) is 5.32 Å². The number of allylic oxidation sites excluding steroid dienone is 11. The molecule has 0 aromatic rings. The maximum atomic E-state index is 12.3. The van der Waals surface area contributed by atoms with E-state index in [9.17, 15) is 15.0 Å². The lowest BCUT2D eigenvalue weighted by atomic mass is 10.0. The Morgan fingerprint density at radius 3 is 1.38 bits per heavy atom. The molecule has 0 aliphatic heterocycles. The highest BCUT2D eigenvalue weighted by molar-refractivity contribution is 5.76. The summed E-state index contributed by atoms with van der Waals surface area (Å²) >= 11 is 0. The molecule has 0 aliphatic rings. The maximum absolute atomic E-state index is 12.3. The molecule has 0 spiro atoms. The summed E-state index contributed by atoms with van der Waals surface area (Å²) in [4.78, 5) is 12.3. The predicted molar refractivity (Wildman–Crippen MR) is 211 cm³/mol. The van der Waals surface area contributed by atoms with Crippen LogP contribution < -0.4 is 5.32 Å². The van der Waals surface area contributed by atoms with Crippen LogP contribution in [0.4, 0.5) is 0 Å². The second kappa shape index (κ2) is 39.3. The van der Waals surface area contributed by atoms with E-state index in [1.807, 2.05) is 6.08 Å².